The van der Waals surface area contributed by atoms with Crippen LogP contribution < -0.4 is 0 Å². The van der Waals surface area contributed by atoms with Crippen LogP contribution in [0.3, 0.4) is 0 Å². The Hall–Kier alpha value is -2.52. The van der Waals surface area contributed by atoms with Crippen molar-refractivity contribution in [1.29, 1.82) is 0 Å². The molecule has 4 heteroatoms. The number of rotatable bonds is 9. The molecule has 0 bridgehead atoms. The van der Waals surface area contributed by atoms with Gasteiger partial charge in [-0.3, -0.25) is 0 Å². The van der Waals surface area contributed by atoms with Gasteiger partial charge in [0, 0.05) is 11.5 Å². The second-order valence-electron chi connectivity index (χ2n) is 6.93. The highest BCUT2D eigenvalue weighted by Crippen LogP contribution is 2.26. The lowest BCUT2D eigenvalue weighted by molar-refractivity contribution is 0.622. The zero-order valence-electron chi connectivity index (χ0n) is 17.6. The fourth-order valence-corrected chi connectivity index (χ4v) is 3.29. The number of hydrogen-bond acceptors (Lipinski definition) is 3. The highest BCUT2D eigenvalue weighted by molar-refractivity contribution is 6.28. The second-order valence-corrected chi connectivity index (χ2v) is 7.27. The lowest BCUT2D eigenvalue weighted by atomic mass is 9.96. The maximum absolute atomic E-state index is 6.28. The molecule has 1 heterocycles. The standard InChI is InChI=1S/C25H30ClN3/c1-5-8-11-15-20(7-3)23-27-24(29-25(26)28-23)22(14-6-2)18-19(4)21-16-12-9-10-13-17-21/h5-6,8-9,11-14,16-20H,1,7,10,15H2,2-4H3/b11-8-,14-6-,22-18+. The molecule has 0 fully saturated rings. The van der Waals surface area contributed by atoms with E-state index in [9.17, 15) is 0 Å². The minimum absolute atomic E-state index is 0.187. The molecule has 152 valence electrons. The Morgan fingerprint density at radius 2 is 2.10 bits per heavy atom. The summed E-state index contributed by atoms with van der Waals surface area (Å²) in [5, 5.41) is 0.232. The Kier molecular flexibility index (Phi) is 9.52. The Bertz CT molecular complexity index is 872. The molecule has 0 saturated heterocycles. The van der Waals surface area contributed by atoms with E-state index in [1.165, 1.54) is 5.57 Å². The quantitative estimate of drug-likeness (QED) is 0.406. The van der Waals surface area contributed by atoms with Gasteiger partial charge in [-0.15, -0.1) is 0 Å². The molecule has 0 aliphatic heterocycles. The first-order valence-corrected chi connectivity index (χ1v) is 10.5. The molecule has 0 aromatic carbocycles. The maximum atomic E-state index is 6.28. The number of halogens is 1. The third-order valence-corrected chi connectivity index (χ3v) is 4.91. The average molecular weight is 408 g/mol. The van der Waals surface area contributed by atoms with Crippen LogP contribution in [0.1, 0.15) is 57.6 Å². The summed E-state index contributed by atoms with van der Waals surface area (Å²) in [6.07, 6.45) is 25.5. The third-order valence-electron chi connectivity index (χ3n) is 4.74. The monoisotopic (exact) mass is 407 g/mol. The zero-order chi connectivity index (χ0) is 21.1. The molecule has 2 unspecified atom stereocenters. The minimum Gasteiger partial charge on any atom is -0.213 e. The van der Waals surface area contributed by atoms with Crippen LogP contribution in [-0.2, 0) is 0 Å². The predicted molar refractivity (Wildman–Crippen MR) is 125 cm³/mol. The minimum atomic E-state index is 0.187. The van der Waals surface area contributed by atoms with Gasteiger partial charge in [-0.05, 0) is 49.3 Å². The molecule has 0 N–H and O–H groups in total. The van der Waals surface area contributed by atoms with Crippen molar-refractivity contribution in [3.05, 3.63) is 95.9 Å². The maximum Gasteiger partial charge on any atom is 0.226 e. The lowest BCUT2D eigenvalue weighted by Gasteiger charge is -2.14. The van der Waals surface area contributed by atoms with E-state index in [1.807, 2.05) is 25.2 Å². The summed E-state index contributed by atoms with van der Waals surface area (Å²) in [5.74, 6) is 1.75. The smallest absolute Gasteiger partial charge is 0.213 e. The van der Waals surface area contributed by atoms with Gasteiger partial charge < -0.3 is 0 Å². The summed E-state index contributed by atoms with van der Waals surface area (Å²) in [6.45, 7) is 10.0. The van der Waals surface area contributed by atoms with Crippen molar-refractivity contribution in [2.45, 2.75) is 46.0 Å². The van der Waals surface area contributed by atoms with Gasteiger partial charge in [0.25, 0.3) is 0 Å². The zero-order valence-corrected chi connectivity index (χ0v) is 18.3. The molecule has 1 aliphatic carbocycles. The van der Waals surface area contributed by atoms with E-state index in [1.54, 1.807) is 6.08 Å². The van der Waals surface area contributed by atoms with E-state index in [0.29, 0.717) is 5.82 Å². The van der Waals surface area contributed by atoms with Gasteiger partial charge in [0.1, 0.15) is 5.82 Å². The molecule has 1 aliphatic rings. The molecule has 0 amide bonds. The molecule has 29 heavy (non-hydrogen) atoms. The van der Waals surface area contributed by atoms with Crippen LogP contribution >= 0.6 is 11.6 Å². The molecular formula is C25H30ClN3. The molecule has 0 saturated carbocycles. The molecule has 1 aromatic rings. The Labute approximate surface area is 180 Å². The summed E-state index contributed by atoms with van der Waals surface area (Å²) in [6, 6.07) is 0. The summed E-state index contributed by atoms with van der Waals surface area (Å²) >= 11 is 6.28. The molecule has 3 nitrogen and oxygen atoms in total. The van der Waals surface area contributed by atoms with Crippen LogP contribution in [0.15, 0.2) is 79.0 Å². The Morgan fingerprint density at radius 3 is 2.83 bits per heavy atom. The number of hydrogen-bond donors (Lipinski definition) is 0. The summed E-state index contributed by atoms with van der Waals surface area (Å²) in [7, 11) is 0. The van der Waals surface area contributed by atoms with Crippen molar-refractivity contribution in [3.63, 3.8) is 0 Å². The topological polar surface area (TPSA) is 38.7 Å². The predicted octanol–water partition coefficient (Wildman–Crippen LogP) is 7.19. The number of nitrogens with zero attached hydrogens (tertiary/aromatic N) is 3. The highest BCUT2D eigenvalue weighted by atomic mass is 35.5. The van der Waals surface area contributed by atoms with Gasteiger partial charge >= 0.3 is 0 Å². The van der Waals surface area contributed by atoms with E-state index in [4.69, 9.17) is 16.6 Å². The first-order valence-electron chi connectivity index (χ1n) is 10.2. The number of allylic oxidation sites excluding steroid dienone is 13. The van der Waals surface area contributed by atoms with Gasteiger partial charge in [0.15, 0.2) is 5.82 Å². The van der Waals surface area contributed by atoms with E-state index in [-0.39, 0.29) is 17.1 Å². The van der Waals surface area contributed by atoms with Crippen molar-refractivity contribution in [3.8, 4) is 0 Å². The SMILES string of the molecule is C=C/C=C\CC(CC)c1nc(Cl)nc(C(/C=C\C)=C/C(C)C2=CC=CCC=C2)n1. The van der Waals surface area contributed by atoms with Gasteiger partial charge in [0.2, 0.25) is 5.28 Å². The highest BCUT2D eigenvalue weighted by Gasteiger charge is 2.16. The van der Waals surface area contributed by atoms with Gasteiger partial charge in [-0.1, -0.05) is 87.3 Å². The van der Waals surface area contributed by atoms with Crippen molar-refractivity contribution in [2.24, 2.45) is 5.92 Å². The number of aromatic nitrogens is 3. The van der Waals surface area contributed by atoms with Crippen molar-refractivity contribution >= 4 is 17.2 Å². The fourth-order valence-electron chi connectivity index (χ4n) is 3.12. The fraction of sp³-hybridized carbons (Fsp3) is 0.320. The van der Waals surface area contributed by atoms with Crippen molar-refractivity contribution < 1.29 is 0 Å². The summed E-state index contributed by atoms with van der Waals surface area (Å²) in [5.41, 5.74) is 2.20. The first kappa shape index (κ1) is 22.8. The molecule has 2 atom stereocenters. The largest absolute Gasteiger partial charge is 0.226 e. The van der Waals surface area contributed by atoms with Crippen molar-refractivity contribution in [1.82, 2.24) is 15.0 Å². The van der Waals surface area contributed by atoms with Crippen LogP contribution in [0.25, 0.3) is 5.57 Å². The normalized spacial score (nSPS) is 16.8. The summed E-state index contributed by atoms with van der Waals surface area (Å²) < 4.78 is 0. The van der Waals surface area contributed by atoms with Gasteiger partial charge in [-0.2, -0.15) is 4.98 Å². The van der Waals surface area contributed by atoms with E-state index >= 15 is 0 Å². The third kappa shape index (κ3) is 7.10. The van der Waals surface area contributed by atoms with Crippen LogP contribution in [0.5, 0.6) is 0 Å². The van der Waals surface area contributed by atoms with Crippen LogP contribution in [0.4, 0.5) is 0 Å². The second kappa shape index (κ2) is 12.1. The van der Waals surface area contributed by atoms with E-state index < -0.39 is 0 Å². The van der Waals surface area contributed by atoms with Gasteiger partial charge in [-0.25, -0.2) is 9.97 Å². The Balaban J connectivity index is 2.40. The van der Waals surface area contributed by atoms with Crippen LogP contribution in [-0.4, -0.2) is 15.0 Å². The first-order chi connectivity index (χ1) is 14.1. The van der Waals surface area contributed by atoms with Crippen LogP contribution in [0.2, 0.25) is 5.28 Å². The average Bonchev–Trinajstić information content (AvgIpc) is 3.00. The molecule has 2 rings (SSSR count). The van der Waals surface area contributed by atoms with E-state index in [2.05, 4.69) is 72.9 Å². The molecular weight excluding hydrogens is 378 g/mol. The van der Waals surface area contributed by atoms with Gasteiger partial charge in [0.05, 0.1) is 0 Å². The van der Waals surface area contributed by atoms with Crippen molar-refractivity contribution in [2.75, 3.05) is 0 Å². The summed E-state index contributed by atoms with van der Waals surface area (Å²) in [4.78, 5) is 13.6. The molecule has 0 spiro atoms. The lowest BCUT2D eigenvalue weighted by Crippen LogP contribution is -2.08. The molecule has 0 radical (unpaired) electrons. The Morgan fingerprint density at radius 1 is 1.28 bits per heavy atom. The van der Waals surface area contributed by atoms with Crippen LogP contribution in [0, 0.1) is 5.92 Å². The van der Waals surface area contributed by atoms with E-state index in [0.717, 1.165) is 30.7 Å². The molecule has 1 aromatic heterocycles.